The summed E-state index contributed by atoms with van der Waals surface area (Å²) in [6.45, 7) is 2.87. The van der Waals surface area contributed by atoms with Crippen LogP contribution >= 0.6 is 0 Å². The highest BCUT2D eigenvalue weighted by atomic mass is 19.3. The predicted octanol–water partition coefficient (Wildman–Crippen LogP) is 4.02. The molecule has 9 heteroatoms. The lowest BCUT2D eigenvalue weighted by atomic mass is 9.89. The zero-order valence-electron chi connectivity index (χ0n) is 19.5. The van der Waals surface area contributed by atoms with Gasteiger partial charge in [-0.1, -0.05) is 62.4 Å². The van der Waals surface area contributed by atoms with E-state index in [0.717, 1.165) is 22.3 Å². The van der Waals surface area contributed by atoms with Gasteiger partial charge in [-0.05, 0) is 27.7 Å². The first kappa shape index (κ1) is 24.6. The Balaban J connectivity index is 1.28. The van der Waals surface area contributed by atoms with Crippen LogP contribution in [0.3, 0.4) is 0 Å². The zero-order chi connectivity index (χ0) is 25.4. The molecule has 0 spiro atoms. The van der Waals surface area contributed by atoms with E-state index in [1.165, 1.54) is 0 Å². The maximum absolute atomic E-state index is 14.2. The average molecular weight is 487 g/mol. The molecule has 2 atom stereocenters. The molecule has 2 aromatic rings. The van der Waals surface area contributed by atoms with Crippen molar-refractivity contribution < 1.29 is 33.0 Å². The topological polar surface area (TPSA) is 105 Å². The smallest absolute Gasteiger partial charge is 0.407 e. The first-order chi connectivity index (χ1) is 16.5. The third-order valence-electron chi connectivity index (χ3n) is 6.67. The lowest BCUT2D eigenvalue weighted by Crippen LogP contribution is -2.37. The number of hydrogen-bond acceptors (Lipinski definition) is 4. The summed E-state index contributed by atoms with van der Waals surface area (Å²) in [6, 6.07) is 15.7. The summed E-state index contributed by atoms with van der Waals surface area (Å²) in [6.07, 6.45) is -1.03. The minimum Gasteiger partial charge on any atom is -0.481 e. The van der Waals surface area contributed by atoms with Crippen molar-refractivity contribution in [3.05, 3.63) is 59.7 Å². The van der Waals surface area contributed by atoms with Crippen LogP contribution < -0.4 is 10.6 Å². The van der Waals surface area contributed by atoms with E-state index in [2.05, 4.69) is 10.6 Å². The Morgan fingerprint density at radius 3 is 2.14 bits per heavy atom. The number of ether oxygens (including phenoxy) is 1. The summed E-state index contributed by atoms with van der Waals surface area (Å²) in [5.74, 6) is -8.21. The van der Waals surface area contributed by atoms with Crippen LogP contribution in [-0.4, -0.2) is 48.7 Å². The lowest BCUT2D eigenvalue weighted by Gasteiger charge is -2.22. The molecule has 2 amide bonds. The van der Waals surface area contributed by atoms with Crippen molar-refractivity contribution in [2.45, 2.75) is 32.1 Å². The summed E-state index contributed by atoms with van der Waals surface area (Å²) >= 11 is 0. The molecule has 0 aliphatic heterocycles. The SMILES string of the molecule is CC(C)(CNC(=O)C1C(CNC(=O)OCC2c3ccccc3-c3ccccc32)C1(F)F)CC(=O)O. The number of carbonyl (C=O) groups is 3. The van der Waals surface area contributed by atoms with Gasteiger partial charge in [0.05, 0.1) is 12.3 Å². The Hall–Kier alpha value is -3.49. The van der Waals surface area contributed by atoms with E-state index >= 15 is 0 Å². The number of hydrogen-bond donors (Lipinski definition) is 3. The summed E-state index contributed by atoms with van der Waals surface area (Å²) in [7, 11) is 0. The third-order valence-corrected chi connectivity index (χ3v) is 6.67. The minimum absolute atomic E-state index is 0.0444. The zero-order valence-corrected chi connectivity index (χ0v) is 19.5. The Kier molecular flexibility index (Phi) is 6.53. The number of carbonyl (C=O) groups excluding carboxylic acids is 2. The van der Waals surface area contributed by atoms with Crippen LogP contribution in [0.5, 0.6) is 0 Å². The van der Waals surface area contributed by atoms with Gasteiger partial charge in [0.25, 0.3) is 5.92 Å². The molecule has 186 valence electrons. The average Bonchev–Trinajstić information content (AvgIpc) is 3.20. The van der Waals surface area contributed by atoms with Crippen LogP contribution in [0, 0.1) is 17.3 Å². The first-order valence-corrected chi connectivity index (χ1v) is 11.5. The molecular formula is C26H28F2N2O5. The molecule has 2 aliphatic rings. The van der Waals surface area contributed by atoms with Gasteiger partial charge < -0.3 is 20.5 Å². The fourth-order valence-electron chi connectivity index (χ4n) is 4.75. The largest absolute Gasteiger partial charge is 0.481 e. The molecule has 2 aliphatic carbocycles. The van der Waals surface area contributed by atoms with E-state index in [-0.39, 0.29) is 25.5 Å². The van der Waals surface area contributed by atoms with Crippen molar-refractivity contribution >= 4 is 18.0 Å². The standard InChI is InChI=1S/C26H28F2N2O5/c1-25(2,11-21(31)32)14-30-23(33)22-20(26(22,27)28)12-29-24(34)35-13-19-17-9-5-3-7-15(17)16-8-4-6-10-18(16)19/h3-10,19-20,22H,11-14H2,1-2H3,(H,29,34)(H,30,33)(H,31,32). The van der Waals surface area contributed by atoms with Gasteiger partial charge in [0.2, 0.25) is 5.91 Å². The molecule has 0 heterocycles. The van der Waals surface area contributed by atoms with E-state index in [1.807, 2.05) is 48.5 Å². The molecule has 2 aromatic carbocycles. The fourth-order valence-corrected chi connectivity index (χ4v) is 4.75. The number of nitrogens with one attached hydrogen (secondary N) is 2. The number of fused-ring (bicyclic) bond motifs is 3. The molecule has 0 bridgehead atoms. The quantitative estimate of drug-likeness (QED) is 0.497. The van der Waals surface area contributed by atoms with Gasteiger partial charge in [0, 0.05) is 19.0 Å². The van der Waals surface area contributed by atoms with Gasteiger partial charge in [0.15, 0.2) is 0 Å². The number of carboxylic acid groups (broad SMARTS) is 1. The molecule has 7 nitrogen and oxygen atoms in total. The van der Waals surface area contributed by atoms with E-state index < -0.39 is 47.7 Å². The fraction of sp³-hybridized carbons (Fsp3) is 0.423. The van der Waals surface area contributed by atoms with Gasteiger partial charge in [-0.15, -0.1) is 0 Å². The molecule has 0 radical (unpaired) electrons. The van der Waals surface area contributed by atoms with Crippen LogP contribution in [0.2, 0.25) is 0 Å². The van der Waals surface area contributed by atoms with E-state index in [4.69, 9.17) is 9.84 Å². The molecule has 35 heavy (non-hydrogen) atoms. The van der Waals surface area contributed by atoms with E-state index in [9.17, 15) is 23.2 Å². The van der Waals surface area contributed by atoms with Gasteiger partial charge in [-0.25, -0.2) is 13.6 Å². The van der Waals surface area contributed by atoms with Crippen molar-refractivity contribution in [2.75, 3.05) is 19.7 Å². The van der Waals surface area contributed by atoms with E-state index in [1.54, 1.807) is 13.8 Å². The van der Waals surface area contributed by atoms with Crippen LogP contribution in [0.4, 0.5) is 13.6 Å². The van der Waals surface area contributed by atoms with Crippen molar-refractivity contribution in [3.63, 3.8) is 0 Å². The van der Waals surface area contributed by atoms with Gasteiger partial charge >= 0.3 is 12.1 Å². The normalized spacial score (nSPS) is 19.9. The van der Waals surface area contributed by atoms with Gasteiger partial charge in [-0.2, -0.15) is 0 Å². The Labute approximate surface area is 201 Å². The van der Waals surface area contributed by atoms with Crippen molar-refractivity contribution in [3.8, 4) is 11.1 Å². The highest BCUT2D eigenvalue weighted by Crippen LogP contribution is 2.55. The van der Waals surface area contributed by atoms with E-state index in [0.29, 0.717) is 0 Å². The maximum Gasteiger partial charge on any atom is 0.407 e. The second kappa shape index (κ2) is 9.28. The molecule has 3 N–H and O–H groups in total. The number of aliphatic carboxylic acids is 1. The van der Waals surface area contributed by atoms with Crippen molar-refractivity contribution in [2.24, 2.45) is 17.3 Å². The molecule has 2 unspecified atom stereocenters. The Bertz CT molecular complexity index is 1100. The number of halogens is 2. The van der Waals surface area contributed by atoms with Crippen LogP contribution in [0.25, 0.3) is 11.1 Å². The predicted molar refractivity (Wildman–Crippen MR) is 124 cm³/mol. The summed E-state index contributed by atoms with van der Waals surface area (Å²) < 4.78 is 33.8. The monoisotopic (exact) mass is 486 g/mol. The molecule has 4 rings (SSSR count). The highest BCUT2D eigenvalue weighted by molar-refractivity contribution is 5.84. The van der Waals surface area contributed by atoms with Crippen molar-refractivity contribution in [1.82, 2.24) is 10.6 Å². The molecule has 0 aromatic heterocycles. The highest BCUT2D eigenvalue weighted by Gasteiger charge is 2.71. The molecule has 1 saturated carbocycles. The number of rotatable bonds is 9. The number of carboxylic acids is 1. The summed E-state index contributed by atoms with van der Waals surface area (Å²) in [5, 5.41) is 13.7. The maximum atomic E-state index is 14.2. The first-order valence-electron chi connectivity index (χ1n) is 11.5. The summed E-state index contributed by atoms with van der Waals surface area (Å²) in [5.41, 5.74) is 3.46. The van der Waals surface area contributed by atoms with Crippen LogP contribution in [0.1, 0.15) is 37.3 Å². The lowest BCUT2D eigenvalue weighted by molar-refractivity contribution is -0.139. The Morgan fingerprint density at radius 2 is 1.57 bits per heavy atom. The third kappa shape index (κ3) is 5.13. The second-order valence-corrected chi connectivity index (χ2v) is 9.92. The minimum atomic E-state index is -3.25. The number of alkyl halides is 2. The van der Waals surface area contributed by atoms with Crippen molar-refractivity contribution in [1.29, 1.82) is 0 Å². The van der Waals surface area contributed by atoms with Crippen LogP contribution in [0.15, 0.2) is 48.5 Å². The van der Waals surface area contributed by atoms with Crippen LogP contribution in [-0.2, 0) is 14.3 Å². The second-order valence-electron chi connectivity index (χ2n) is 9.92. The Morgan fingerprint density at radius 1 is 1.00 bits per heavy atom. The molecular weight excluding hydrogens is 458 g/mol. The molecule has 1 fully saturated rings. The number of benzene rings is 2. The number of amides is 2. The number of alkyl carbamates (subject to hydrolysis) is 1. The molecule has 0 saturated heterocycles. The summed E-state index contributed by atoms with van der Waals surface area (Å²) in [4.78, 5) is 35.4. The van der Waals surface area contributed by atoms with Gasteiger partial charge in [-0.3, -0.25) is 9.59 Å². The van der Waals surface area contributed by atoms with Gasteiger partial charge in [0.1, 0.15) is 12.5 Å².